The lowest BCUT2D eigenvalue weighted by atomic mass is 10.1. The molecule has 8 nitrogen and oxygen atoms in total. The van der Waals surface area contributed by atoms with Gasteiger partial charge in [-0.2, -0.15) is 5.10 Å². The first-order valence-corrected chi connectivity index (χ1v) is 8.72. The molecule has 0 saturated carbocycles. The van der Waals surface area contributed by atoms with Crippen molar-refractivity contribution in [1.82, 2.24) is 9.78 Å². The number of amides is 1. The van der Waals surface area contributed by atoms with E-state index in [9.17, 15) is 19.3 Å². The summed E-state index contributed by atoms with van der Waals surface area (Å²) in [6.45, 7) is 3.59. The van der Waals surface area contributed by atoms with Gasteiger partial charge in [-0.25, -0.2) is 4.39 Å². The van der Waals surface area contributed by atoms with E-state index in [1.165, 1.54) is 25.3 Å². The molecule has 0 atom stereocenters. The molecule has 3 aromatic rings. The van der Waals surface area contributed by atoms with Gasteiger partial charge in [-0.1, -0.05) is 12.1 Å². The fraction of sp³-hybridized carbons (Fsp3) is 0.200. The maximum Gasteiger partial charge on any atom is 0.312 e. The van der Waals surface area contributed by atoms with Crippen LogP contribution in [0.25, 0.3) is 0 Å². The van der Waals surface area contributed by atoms with Crippen LogP contribution in [-0.2, 0) is 6.54 Å². The fourth-order valence-electron chi connectivity index (χ4n) is 3.00. The van der Waals surface area contributed by atoms with Crippen molar-refractivity contribution in [1.29, 1.82) is 0 Å². The number of hydrogen-bond acceptors (Lipinski definition) is 5. The van der Waals surface area contributed by atoms with Gasteiger partial charge in [-0.15, -0.1) is 0 Å². The zero-order chi connectivity index (χ0) is 21.1. The van der Waals surface area contributed by atoms with Crippen molar-refractivity contribution in [3.8, 4) is 5.75 Å². The number of carbonyl (C=O) groups is 1. The molecule has 0 aliphatic rings. The molecule has 29 heavy (non-hydrogen) atoms. The number of nitro groups is 1. The van der Waals surface area contributed by atoms with Gasteiger partial charge in [0.15, 0.2) is 0 Å². The highest BCUT2D eigenvalue weighted by molar-refractivity contribution is 6.05. The highest BCUT2D eigenvalue weighted by Crippen LogP contribution is 2.26. The largest absolute Gasteiger partial charge is 0.494 e. The van der Waals surface area contributed by atoms with E-state index in [-0.39, 0.29) is 17.3 Å². The maximum atomic E-state index is 13.3. The second-order valence-corrected chi connectivity index (χ2v) is 6.43. The molecular weight excluding hydrogens is 379 g/mol. The molecule has 1 heterocycles. The average Bonchev–Trinajstić information content (AvgIpc) is 2.96. The van der Waals surface area contributed by atoms with Crippen molar-refractivity contribution in [2.75, 3.05) is 12.4 Å². The van der Waals surface area contributed by atoms with Gasteiger partial charge < -0.3 is 10.1 Å². The Morgan fingerprint density at radius 3 is 2.52 bits per heavy atom. The molecule has 0 aliphatic carbocycles. The molecule has 0 saturated heterocycles. The van der Waals surface area contributed by atoms with Crippen LogP contribution in [-0.4, -0.2) is 27.7 Å². The van der Waals surface area contributed by atoms with Gasteiger partial charge in [0.1, 0.15) is 23.0 Å². The number of methoxy groups -OCH3 is 1. The van der Waals surface area contributed by atoms with Crippen molar-refractivity contribution < 1.29 is 18.8 Å². The first-order chi connectivity index (χ1) is 13.8. The van der Waals surface area contributed by atoms with Crippen LogP contribution in [0.3, 0.4) is 0 Å². The molecule has 1 N–H and O–H groups in total. The second kappa shape index (κ2) is 8.09. The summed E-state index contributed by atoms with van der Waals surface area (Å²) < 4.78 is 19.9. The van der Waals surface area contributed by atoms with E-state index in [2.05, 4.69) is 10.4 Å². The molecule has 2 aromatic carbocycles. The minimum absolute atomic E-state index is 0.00856. The molecule has 0 spiro atoms. The van der Waals surface area contributed by atoms with Crippen molar-refractivity contribution in [3.63, 3.8) is 0 Å². The zero-order valence-corrected chi connectivity index (χ0v) is 16.1. The summed E-state index contributed by atoms with van der Waals surface area (Å²) in [5.41, 5.74) is 2.43. The monoisotopic (exact) mass is 398 g/mol. The molecule has 1 amide bonds. The van der Waals surface area contributed by atoms with E-state index in [0.29, 0.717) is 29.2 Å². The predicted octanol–water partition coefficient (Wildman–Crippen LogP) is 3.86. The molecule has 0 unspecified atom stereocenters. The Labute approximate surface area is 166 Å². The average molecular weight is 398 g/mol. The van der Waals surface area contributed by atoms with Gasteiger partial charge in [0.05, 0.1) is 24.3 Å². The van der Waals surface area contributed by atoms with Gasteiger partial charge in [-0.05, 0) is 43.7 Å². The Bertz CT molecular complexity index is 1080. The topological polar surface area (TPSA) is 99.3 Å². The van der Waals surface area contributed by atoms with Crippen LogP contribution >= 0.6 is 0 Å². The predicted molar refractivity (Wildman–Crippen MR) is 105 cm³/mol. The van der Waals surface area contributed by atoms with Gasteiger partial charge in [0.2, 0.25) is 0 Å². The number of nitrogens with one attached hydrogen (secondary N) is 1. The Hall–Kier alpha value is -3.75. The number of aryl methyl sites for hydroxylation is 1. The van der Waals surface area contributed by atoms with Crippen LogP contribution in [0.1, 0.15) is 27.3 Å². The third-order valence-electron chi connectivity index (χ3n) is 4.49. The molecule has 150 valence electrons. The summed E-state index contributed by atoms with van der Waals surface area (Å²) in [5.74, 6) is -0.613. The summed E-state index contributed by atoms with van der Waals surface area (Å²) in [6.07, 6.45) is 0. The Balaban J connectivity index is 1.74. The van der Waals surface area contributed by atoms with Crippen molar-refractivity contribution in [2.45, 2.75) is 20.4 Å². The number of ether oxygens (including phenoxy) is 1. The number of anilines is 1. The molecule has 0 radical (unpaired) electrons. The SMILES string of the molecule is COc1cc(F)ccc1NC(=O)c1ccc(Cn2nc(C)c([N+](=O)[O-])c2C)cc1. The molecule has 0 fully saturated rings. The lowest BCUT2D eigenvalue weighted by Gasteiger charge is -2.11. The summed E-state index contributed by atoms with van der Waals surface area (Å²) in [4.78, 5) is 23.1. The van der Waals surface area contributed by atoms with E-state index in [1.54, 1.807) is 42.8 Å². The smallest absolute Gasteiger partial charge is 0.312 e. The summed E-state index contributed by atoms with van der Waals surface area (Å²) in [5, 5.41) is 18.0. The van der Waals surface area contributed by atoms with Crippen molar-refractivity contribution in [3.05, 3.63) is 80.9 Å². The van der Waals surface area contributed by atoms with E-state index in [0.717, 1.165) is 5.56 Å². The number of benzene rings is 2. The molecule has 0 bridgehead atoms. The van der Waals surface area contributed by atoms with Gasteiger partial charge in [0.25, 0.3) is 5.91 Å². The van der Waals surface area contributed by atoms with Gasteiger partial charge in [-0.3, -0.25) is 19.6 Å². The summed E-state index contributed by atoms with van der Waals surface area (Å²) in [7, 11) is 1.39. The van der Waals surface area contributed by atoms with Crippen molar-refractivity contribution in [2.24, 2.45) is 0 Å². The first kappa shape index (κ1) is 20.0. The molecule has 9 heteroatoms. The van der Waals surface area contributed by atoms with Gasteiger partial charge >= 0.3 is 5.69 Å². The Morgan fingerprint density at radius 1 is 1.24 bits per heavy atom. The van der Waals surface area contributed by atoms with Crippen LogP contribution in [0.15, 0.2) is 42.5 Å². The van der Waals surface area contributed by atoms with Crippen LogP contribution in [0.5, 0.6) is 5.75 Å². The number of nitrogens with zero attached hydrogens (tertiary/aromatic N) is 3. The third kappa shape index (κ3) is 4.23. The lowest BCUT2D eigenvalue weighted by Crippen LogP contribution is -2.13. The number of hydrogen-bond donors (Lipinski definition) is 1. The maximum absolute atomic E-state index is 13.3. The normalized spacial score (nSPS) is 10.6. The third-order valence-corrected chi connectivity index (χ3v) is 4.49. The fourth-order valence-corrected chi connectivity index (χ4v) is 3.00. The minimum atomic E-state index is -0.464. The van der Waals surface area contributed by atoms with Crippen LogP contribution in [0, 0.1) is 29.8 Å². The number of halogens is 1. The summed E-state index contributed by atoms with van der Waals surface area (Å²) >= 11 is 0. The molecule has 0 aliphatic heterocycles. The first-order valence-electron chi connectivity index (χ1n) is 8.72. The standard InChI is InChI=1S/C20H19FN4O4/c1-12-19(25(27)28)13(2)24(23-12)11-14-4-6-15(7-5-14)20(26)22-17-9-8-16(21)10-18(17)29-3/h4-10H,11H2,1-3H3,(H,22,26). The lowest BCUT2D eigenvalue weighted by molar-refractivity contribution is -0.386. The van der Waals surface area contributed by atoms with E-state index in [1.807, 2.05) is 0 Å². The minimum Gasteiger partial charge on any atom is -0.494 e. The van der Waals surface area contributed by atoms with Gasteiger partial charge in [0, 0.05) is 11.6 Å². The highest BCUT2D eigenvalue weighted by atomic mass is 19.1. The van der Waals surface area contributed by atoms with Crippen LogP contribution in [0.2, 0.25) is 0 Å². The number of aromatic nitrogens is 2. The molecular formula is C20H19FN4O4. The highest BCUT2D eigenvalue weighted by Gasteiger charge is 2.21. The van der Waals surface area contributed by atoms with Crippen molar-refractivity contribution >= 4 is 17.3 Å². The van der Waals surface area contributed by atoms with Crippen LogP contribution < -0.4 is 10.1 Å². The second-order valence-electron chi connectivity index (χ2n) is 6.43. The quantitative estimate of drug-likeness (QED) is 0.502. The van der Waals surface area contributed by atoms with E-state index in [4.69, 9.17) is 4.74 Å². The van der Waals surface area contributed by atoms with E-state index >= 15 is 0 Å². The number of carbonyl (C=O) groups excluding carboxylic acids is 1. The van der Waals surface area contributed by atoms with E-state index < -0.39 is 10.7 Å². The Kier molecular flexibility index (Phi) is 5.58. The number of rotatable bonds is 6. The molecule has 1 aromatic heterocycles. The summed E-state index contributed by atoms with van der Waals surface area (Å²) in [6, 6.07) is 10.6. The Morgan fingerprint density at radius 2 is 1.93 bits per heavy atom. The zero-order valence-electron chi connectivity index (χ0n) is 16.1. The molecule has 3 rings (SSSR count). The van der Waals surface area contributed by atoms with Crippen LogP contribution in [0.4, 0.5) is 15.8 Å².